The Kier molecular flexibility index (Phi) is 6.75. The number of nitrogens with zero attached hydrogens (tertiary/aromatic N) is 5. The van der Waals surface area contributed by atoms with Gasteiger partial charge in [-0.25, -0.2) is 18.1 Å². The minimum Gasteiger partial charge on any atom is -0.265 e. The first-order chi connectivity index (χ1) is 14.8. The van der Waals surface area contributed by atoms with E-state index in [0.29, 0.717) is 0 Å². The first kappa shape index (κ1) is 24.3. The number of hydrogen-bond acceptors (Lipinski definition) is 7. The monoisotopic (exact) mass is 525 g/mol. The van der Waals surface area contributed by atoms with Gasteiger partial charge in [-0.3, -0.25) is 9.78 Å². The lowest BCUT2D eigenvalue weighted by atomic mass is 10.1. The number of carbonyl (C=O) groups excluding carboxylic acids is 1. The largest absolute Gasteiger partial charge is 0.445 e. The van der Waals surface area contributed by atoms with Crippen LogP contribution >= 0.6 is 34.5 Å². The van der Waals surface area contributed by atoms with Crippen LogP contribution in [0.5, 0.6) is 0 Å². The topological polar surface area (TPSA) is 107 Å². The van der Waals surface area contributed by atoms with E-state index in [-0.39, 0.29) is 43.2 Å². The minimum absolute atomic E-state index is 0.124. The highest BCUT2D eigenvalue weighted by Gasteiger charge is 2.35. The van der Waals surface area contributed by atoms with E-state index in [1.54, 1.807) is 0 Å². The van der Waals surface area contributed by atoms with Crippen LogP contribution in [0.2, 0.25) is 10.0 Å². The smallest absolute Gasteiger partial charge is 0.265 e. The molecule has 0 aliphatic carbocycles. The van der Waals surface area contributed by atoms with Gasteiger partial charge in [0.05, 0.1) is 26.4 Å². The third-order valence-corrected chi connectivity index (χ3v) is 7.28. The fourth-order valence-corrected chi connectivity index (χ4v) is 4.75. The Bertz CT molecular complexity index is 1380. The van der Waals surface area contributed by atoms with Gasteiger partial charge in [-0.05, 0) is 12.1 Å². The number of aryl methyl sites for hydroxylation is 1. The molecule has 3 heterocycles. The summed E-state index contributed by atoms with van der Waals surface area (Å²) in [6.45, 7) is 1.36. The maximum atomic E-state index is 12.9. The molecule has 0 saturated carbocycles. The maximum Gasteiger partial charge on any atom is 0.445 e. The second kappa shape index (κ2) is 8.89. The van der Waals surface area contributed by atoms with Crippen LogP contribution in [0, 0.1) is 0 Å². The van der Waals surface area contributed by atoms with Crippen LogP contribution < -0.4 is 4.80 Å². The molecule has 3 aromatic rings. The molecule has 0 aromatic carbocycles. The van der Waals surface area contributed by atoms with Gasteiger partial charge < -0.3 is 0 Å². The molecular formula is C17H12Cl2F3N5O3S2. The molecule has 0 bridgehead atoms. The summed E-state index contributed by atoms with van der Waals surface area (Å²) in [5.74, 6) is -1.51. The van der Waals surface area contributed by atoms with Gasteiger partial charge in [0, 0.05) is 25.0 Å². The highest BCUT2D eigenvalue weighted by Crippen LogP contribution is 2.31. The number of hydrogen-bond donors (Lipinski definition) is 0. The van der Waals surface area contributed by atoms with Crippen LogP contribution in [0.4, 0.5) is 13.2 Å². The van der Waals surface area contributed by atoms with Crippen molar-refractivity contribution in [2.24, 2.45) is 12.0 Å². The van der Waals surface area contributed by atoms with Crippen molar-refractivity contribution in [3.63, 3.8) is 0 Å². The van der Waals surface area contributed by atoms with Gasteiger partial charge in [0.15, 0.2) is 9.84 Å². The van der Waals surface area contributed by atoms with Crippen molar-refractivity contribution in [1.29, 1.82) is 0 Å². The predicted molar refractivity (Wildman–Crippen MR) is 111 cm³/mol. The quantitative estimate of drug-likeness (QED) is 0.512. The molecule has 0 saturated heterocycles. The van der Waals surface area contributed by atoms with Crippen molar-refractivity contribution in [2.45, 2.75) is 18.0 Å². The Hall–Kier alpha value is -2.35. The summed E-state index contributed by atoms with van der Waals surface area (Å²) in [4.78, 5) is 23.4. The molecule has 32 heavy (non-hydrogen) atoms. The molecule has 0 fully saturated rings. The Morgan fingerprint density at radius 3 is 2.47 bits per heavy atom. The van der Waals surface area contributed by atoms with Crippen LogP contribution in [-0.2, 0) is 23.1 Å². The van der Waals surface area contributed by atoms with Crippen molar-refractivity contribution < 1.29 is 26.4 Å². The first-order valence-corrected chi connectivity index (χ1v) is 11.8. The lowest BCUT2D eigenvalue weighted by molar-refractivity contribution is -0.138. The molecular weight excluding hydrogens is 514 g/mol. The lowest BCUT2D eigenvalue weighted by Gasteiger charge is -2.09. The molecule has 8 nitrogen and oxygen atoms in total. The molecule has 0 unspecified atom stereocenters. The van der Waals surface area contributed by atoms with E-state index in [2.05, 4.69) is 20.1 Å². The van der Waals surface area contributed by atoms with Crippen LogP contribution in [0.1, 0.15) is 22.4 Å². The Morgan fingerprint density at radius 1 is 1.22 bits per heavy atom. The summed E-state index contributed by atoms with van der Waals surface area (Å²) in [7, 11) is -2.81. The molecule has 0 spiro atoms. The Labute approximate surface area is 193 Å². The van der Waals surface area contributed by atoms with E-state index in [1.165, 1.54) is 26.2 Å². The molecule has 170 valence electrons. The van der Waals surface area contributed by atoms with Gasteiger partial charge in [-0.1, -0.05) is 41.5 Å². The fourth-order valence-electron chi connectivity index (χ4n) is 2.46. The Balaban J connectivity index is 2.16. The zero-order chi connectivity index (χ0) is 23.8. The van der Waals surface area contributed by atoms with Crippen LogP contribution in [-0.4, -0.2) is 39.8 Å². The summed E-state index contributed by atoms with van der Waals surface area (Å²) in [6, 6.07) is 2.56. The van der Waals surface area contributed by atoms with Crippen molar-refractivity contribution >= 4 is 50.3 Å². The Morgan fingerprint density at radius 2 is 1.91 bits per heavy atom. The minimum atomic E-state index is -4.72. The van der Waals surface area contributed by atoms with Crippen molar-refractivity contribution in [3.8, 4) is 11.3 Å². The third kappa shape index (κ3) is 5.00. The highest BCUT2D eigenvalue weighted by molar-refractivity contribution is 7.91. The standard InChI is InChI=1S/C17H12Cl2F3N5O3S2/c1-3-32(29,30)11-4-8(12-10(19)5-9(18)7-24-12)6-23-13(11)14(28)25-16-27(2)26-15(31-16)17(20,21)22/h4-7H,3H2,1-2H3. The maximum absolute atomic E-state index is 12.9. The number of carbonyl (C=O) groups is 1. The number of sulfone groups is 1. The number of pyridine rings is 2. The fraction of sp³-hybridized carbons (Fsp3) is 0.235. The van der Waals surface area contributed by atoms with Gasteiger partial charge in [0.2, 0.25) is 9.81 Å². The number of aromatic nitrogens is 4. The summed E-state index contributed by atoms with van der Waals surface area (Å²) in [5.41, 5.74) is -0.184. The van der Waals surface area contributed by atoms with E-state index in [1.807, 2.05) is 0 Å². The summed E-state index contributed by atoms with van der Waals surface area (Å²) < 4.78 is 64.6. The average molecular weight is 526 g/mol. The van der Waals surface area contributed by atoms with E-state index < -0.39 is 37.5 Å². The molecule has 3 aromatic heterocycles. The predicted octanol–water partition coefficient (Wildman–Crippen LogP) is 3.80. The molecule has 0 radical (unpaired) electrons. The first-order valence-electron chi connectivity index (χ1n) is 8.58. The second-order valence-corrected chi connectivity index (χ2v) is 10.2. The number of alkyl halides is 3. The highest BCUT2D eigenvalue weighted by atomic mass is 35.5. The van der Waals surface area contributed by atoms with E-state index in [0.717, 1.165) is 16.9 Å². The van der Waals surface area contributed by atoms with Gasteiger partial charge in [0.25, 0.3) is 5.91 Å². The van der Waals surface area contributed by atoms with E-state index in [9.17, 15) is 26.4 Å². The normalized spacial score (nSPS) is 12.9. The third-order valence-electron chi connectivity index (χ3n) is 4.00. The van der Waals surface area contributed by atoms with Crippen LogP contribution in [0.3, 0.4) is 0 Å². The summed E-state index contributed by atoms with van der Waals surface area (Å²) in [6.07, 6.45) is -2.26. The number of halogens is 5. The van der Waals surface area contributed by atoms with Crippen LogP contribution in [0.15, 0.2) is 34.4 Å². The molecule has 15 heteroatoms. The van der Waals surface area contributed by atoms with E-state index in [4.69, 9.17) is 23.2 Å². The number of rotatable bonds is 4. The molecule has 0 atom stereocenters. The molecule has 0 aliphatic heterocycles. The second-order valence-electron chi connectivity index (χ2n) is 6.19. The lowest BCUT2D eigenvalue weighted by Crippen LogP contribution is -2.18. The number of amides is 1. The van der Waals surface area contributed by atoms with Gasteiger partial charge >= 0.3 is 6.18 Å². The summed E-state index contributed by atoms with van der Waals surface area (Å²) in [5, 5.41) is 2.45. The molecule has 0 N–H and O–H groups in total. The molecule has 1 amide bonds. The van der Waals surface area contributed by atoms with Gasteiger partial charge in [-0.2, -0.15) is 23.3 Å². The zero-order valence-electron chi connectivity index (χ0n) is 16.2. The van der Waals surface area contributed by atoms with Gasteiger partial charge in [-0.15, -0.1) is 0 Å². The summed E-state index contributed by atoms with van der Waals surface area (Å²) >= 11 is 12.1. The van der Waals surface area contributed by atoms with E-state index >= 15 is 0 Å². The van der Waals surface area contributed by atoms with Crippen molar-refractivity contribution in [1.82, 2.24) is 19.7 Å². The van der Waals surface area contributed by atoms with Crippen molar-refractivity contribution in [2.75, 3.05) is 5.75 Å². The van der Waals surface area contributed by atoms with Crippen molar-refractivity contribution in [3.05, 3.63) is 50.1 Å². The van der Waals surface area contributed by atoms with Crippen LogP contribution in [0.25, 0.3) is 11.3 Å². The SMILES string of the molecule is CCS(=O)(=O)c1cc(-c2ncc(Cl)cc2Cl)cnc1C(=O)N=c1sc(C(F)(F)F)nn1C. The van der Waals surface area contributed by atoms with Gasteiger partial charge in [0.1, 0.15) is 5.69 Å². The molecule has 0 aliphatic rings. The molecule has 3 rings (SSSR count). The average Bonchev–Trinajstić information content (AvgIpc) is 3.08. The zero-order valence-corrected chi connectivity index (χ0v) is 19.3.